The van der Waals surface area contributed by atoms with Crippen LogP contribution in [-0.4, -0.2) is 5.11 Å². The van der Waals surface area contributed by atoms with Crippen LogP contribution in [0.5, 0.6) is 5.75 Å². The van der Waals surface area contributed by atoms with Crippen molar-refractivity contribution in [2.75, 3.05) is 0 Å². The van der Waals surface area contributed by atoms with Gasteiger partial charge in [0.1, 0.15) is 12.8 Å². The molecule has 0 saturated heterocycles. The van der Waals surface area contributed by atoms with Gasteiger partial charge in [0.15, 0.2) is 0 Å². The van der Waals surface area contributed by atoms with Crippen molar-refractivity contribution >= 4 is 23.1 Å². The first-order chi connectivity index (χ1) is 9.74. The number of pyridine rings is 1. The van der Waals surface area contributed by atoms with Crippen molar-refractivity contribution in [2.24, 2.45) is 7.05 Å². The fourth-order valence-corrected chi connectivity index (χ4v) is 2.29. The number of halogens is 1. The summed E-state index contributed by atoms with van der Waals surface area (Å²) >= 11 is 0. The molecule has 0 aliphatic heterocycles. The maximum absolute atomic E-state index is 9.28. The van der Waals surface area contributed by atoms with Gasteiger partial charge in [0.2, 0.25) is 11.2 Å². The van der Waals surface area contributed by atoms with E-state index in [1.54, 1.807) is 12.1 Å². The molecular formula is C18H16INO. The van der Waals surface area contributed by atoms with Crippen LogP contribution in [0.3, 0.4) is 0 Å². The summed E-state index contributed by atoms with van der Waals surface area (Å²) in [6, 6.07) is 19.8. The fraction of sp³-hybridized carbons (Fsp3) is 0.0556. The number of rotatable bonds is 2. The number of para-hydroxylation sites is 1. The van der Waals surface area contributed by atoms with Crippen molar-refractivity contribution in [3.8, 4) is 5.75 Å². The molecule has 0 saturated carbocycles. The van der Waals surface area contributed by atoms with Crippen LogP contribution in [0.4, 0.5) is 0 Å². The molecule has 1 N–H and O–H groups in total. The molecule has 3 aromatic rings. The summed E-state index contributed by atoms with van der Waals surface area (Å²) in [6.07, 6.45) is 4.13. The Kier molecular flexibility index (Phi) is 4.96. The van der Waals surface area contributed by atoms with Crippen LogP contribution in [0.2, 0.25) is 0 Å². The zero-order valence-corrected chi connectivity index (χ0v) is 13.9. The van der Waals surface area contributed by atoms with E-state index in [1.807, 2.05) is 24.3 Å². The van der Waals surface area contributed by atoms with Crippen LogP contribution >= 0.6 is 0 Å². The lowest BCUT2D eigenvalue weighted by Gasteiger charge is -2.00. The van der Waals surface area contributed by atoms with Crippen LogP contribution in [0.15, 0.2) is 60.7 Å². The number of phenols is 1. The second-order valence-corrected chi connectivity index (χ2v) is 4.80. The highest BCUT2D eigenvalue weighted by Gasteiger charge is 2.07. The third-order valence-corrected chi connectivity index (χ3v) is 3.46. The highest BCUT2D eigenvalue weighted by atomic mass is 127. The first-order valence-corrected chi connectivity index (χ1v) is 6.59. The molecule has 1 heterocycles. The monoisotopic (exact) mass is 389 g/mol. The van der Waals surface area contributed by atoms with Gasteiger partial charge in [-0.05, 0) is 35.9 Å². The lowest BCUT2D eigenvalue weighted by atomic mass is 10.1. The maximum Gasteiger partial charge on any atom is 0.212 e. The topological polar surface area (TPSA) is 24.1 Å². The minimum Gasteiger partial charge on any atom is -1.00 e. The zero-order chi connectivity index (χ0) is 13.9. The SMILES string of the molecule is C[n+]1c(C=Cc2ccc(O)cc2)ccc2ccccc21.[I-]. The van der Waals surface area contributed by atoms with E-state index in [0.29, 0.717) is 5.75 Å². The molecule has 0 amide bonds. The summed E-state index contributed by atoms with van der Waals surface area (Å²) < 4.78 is 2.17. The van der Waals surface area contributed by atoms with Crippen molar-refractivity contribution in [1.29, 1.82) is 0 Å². The molecule has 0 bridgehead atoms. The van der Waals surface area contributed by atoms with Gasteiger partial charge in [-0.25, -0.2) is 0 Å². The Balaban J connectivity index is 0.00000161. The first-order valence-electron chi connectivity index (χ1n) is 6.59. The molecule has 1 aromatic heterocycles. The average molecular weight is 389 g/mol. The minimum absolute atomic E-state index is 0. The normalized spacial score (nSPS) is 10.7. The lowest BCUT2D eigenvalue weighted by molar-refractivity contribution is -0.646. The fourth-order valence-electron chi connectivity index (χ4n) is 2.29. The third-order valence-electron chi connectivity index (χ3n) is 3.46. The van der Waals surface area contributed by atoms with E-state index in [2.05, 4.69) is 48.0 Å². The molecule has 0 aliphatic rings. The highest BCUT2D eigenvalue weighted by molar-refractivity contribution is 5.77. The predicted octanol–water partition coefficient (Wildman–Crippen LogP) is 0.544. The van der Waals surface area contributed by atoms with E-state index in [4.69, 9.17) is 0 Å². The Morgan fingerprint density at radius 3 is 2.33 bits per heavy atom. The largest absolute Gasteiger partial charge is 1.00 e. The Labute approximate surface area is 141 Å². The molecule has 0 unspecified atom stereocenters. The number of fused-ring (bicyclic) bond motifs is 1. The van der Waals surface area contributed by atoms with Gasteiger partial charge in [-0.1, -0.05) is 24.3 Å². The quantitative estimate of drug-likeness (QED) is 0.503. The molecule has 0 fully saturated rings. The number of nitrogens with zero attached hydrogens (tertiary/aromatic N) is 1. The second-order valence-electron chi connectivity index (χ2n) is 4.80. The van der Waals surface area contributed by atoms with E-state index in [9.17, 15) is 5.11 Å². The number of phenolic OH excluding ortho intramolecular Hbond substituents is 1. The number of hydrogen-bond acceptors (Lipinski definition) is 1. The summed E-state index contributed by atoms with van der Waals surface area (Å²) in [4.78, 5) is 0. The number of aromatic hydroxyl groups is 1. The molecule has 0 aliphatic carbocycles. The highest BCUT2D eigenvalue weighted by Crippen LogP contribution is 2.14. The maximum atomic E-state index is 9.28. The molecule has 2 aromatic carbocycles. The first kappa shape index (κ1) is 15.5. The standard InChI is InChI=1S/C18H15NO.HI/c1-19-16(10-6-14-7-12-17(20)13-8-14)11-9-15-4-2-3-5-18(15)19;/h2-13H,1H3;1H. The van der Waals surface area contributed by atoms with E-state index in [-0.39, 0.29) is 24.0 Å². The van der Waals surface area contributed by atoms with Crippen molar-refractivity contribution in [1.82, 2.24) is 0 Å². The molecule has 0 spiro atoms. The lowest BCUT2D eigenvalue weighted by Crippen LogP contribution is -3.00. The summed E-state index contributed by atoms with van der Waals surface area (Å²) in [6.45, 7) is 0. The second kappa shape index (κ2) is 6.72. The van der Waals surface area contributed by atoms with Gasteiger partial charge in [-0.3, -0.25) is 0 Å². The van der Waals surface area contributed by atoms with Crippen LogP contribution in [-0.2, 0) is 7.05 Å². The molecule has 106 valence electrons. The Morgan fingerprint density at radius 2 is 1.57 bits per heavy atom. The van der Waals surface area contributed by atoms with Gasteiger partial charge in [0.25, 0.3) is 0 Å². The van der Waals surface area contributed by atoms with Gasteiger partial charge in [0.05, 0.1) is 0 Å². The Hall–Kier alpha value is -1.88. The number of aryl methyl sites for hydroxylation is 1. The Morgan fingerprint density at radius 1 is 0.857 bits per heavy atom. The molecule has 3 rings (SSSR count). The van der Waals surface area contributed by atoms with E-state index in [0.717, 1.165) is 11.3 Å². The van der Waals surface area contributed by atoms with E-state index in [1.165, 1.54) is 10.9 Å². The van der Waals surface area contributed by atoms with Crippen LogP contribution < -0.4 is 28.5 Å². The van der Waals surface area contributed by atoms with Crippen LogP contribution in [0, 0.1) is 0 Å². The number of benzene rings is 2. The van der Waals surface area contributed by atoms with Gasteiger partial charge in [0, 0.05) is 23.6 Å². The van der Waals surface area contributed by atoms with Gasteiger partial charge in [-0.15, -0.1) is 0 Å². The summed E-state index contributed by atoms with van der Waals surface area (Å²) in [5, 5.41) is 10.5. The third kappa shape index (κ3) is 3.42. The van der Waals surface area contributed by atoms with Crippen LogP contribution in [0.25, 0.3) is 23.1 Å². The van der Waals surface area contributed by atoms with Crippen molar-refractivity contribution in [3.05, 3.63) is 71.9 Å². The summed E-state index contributed by atoms with van der Waals surface area (Å²) in [5.41, 5.74) is 3.41. The van der Waals surface area contributed by atoms with Crippen LogP contribution in [0.1, 0.15) is 11.3 Å². The van der Waals surface area contributed by atoms with Crippen molar-refractivity contribution < 1.29 is 33.7 Å². The van der Waals surface area contributed by atoms with E-state index < -0.39 is 0 Å². The summed E-state index contributed by atoms with van der Waals surface area (Å²) in [5.74, 6) is 0.290. The van der Waals surface area contributed by atoms with Gasteiger partial charge in [-0.2, -0.15) is 4.57 Å². The molecule has 21 heavy (non-hydrogen) atoms. The Bertz CT molecular complexity index is 779. The predicted molar refractivity (Wildman–Crippen MR) is 82.2 cm³/mol. The number of aromatic nitrogens is 1. The zero-order valence-electron chi connectivity index (χ0n) is 11.7. The van der Waals surface area contributed by atoms with Crippen molar-refractivity contribution in [2.45, 2.75) is 0 Å². The smallest absolute Gasteiger partial charge is 0.212 e. The molecular weight excluding hydrogens is 373 g/mol. The van der Waals surface area contributed by atoms with E-state index >= 15 is 0 Å². The van der Waals surface area contributed by atoms with Gasteiger partial charge < -0.3 is 29.1 Å². The van der Waals surface area contributed by atoms with Gasteiger partial charge >= 0.3 is 0 Å². The molecule has 3 heteroatoms. The number of hydrogen-bond donors (Lipinski definition) is 1. The van der Waals surface area contributed by atoms with Crippen molar-refractivity contribution in [3.63, 3.8) is 0 Å². The molecule has 0 atom stereocenters. The minimum atomic E-state index is 0. The average Bonchev–Trinajstić information content (AvgIpc) is 2.49. The molecule has 0 radical (unpaired) electrons. The molecule has 2 nitrogen and oxygen atoms in total. The summed E-state index contributed by atoms with van der Waals surface area (Å²) in [7, 11) is 2.07.